The van der Waals surface area contributed by atoms with Crippen molar-refractivity contribution in [2.24, 2.45) is 0 Å². The molecule has 0 aliphatic heterocycles. The van der Waals surface area contributed by atoms with Crippen molar-refractivity contribution in [2.75, 3.05) is 4.90 Å². The lowest BCUT2D eigenvalue weighted by Crippen LogP contribution is -2.10. The van der Waals surface area contributed by atoms with Gasteiger partial charge in [-0.25, -0.2) is 0 Å². The highest BCUT2D eigenvalue weighted by Crippen LogP contribution is 2.58. The molecule has 2 aromatic heterocycles. The highest BCUT2D eigenvalue weighted by molar-refractivity contribution is 6.10. The average molecular weight is 659 g/mol. The minimum absolute atomic E-state index is 0.340. The van der Waals surface area contributed by atoms with Gasteiger partial charge in [-0.3, -0.25) is 0 Å². The molecule has 0 saturated carbocycles. The molecule has 0 aliphatic carbocycles. The molecule has 0 unspecified atom stereocenters. The zero-order valence-electron chi connectivity index (χ0n) is 26.6. The third-order valence-electron chi connectivity index (χ3n) is 9.10. The smallest absolute Gasteiger partial charge is 0.208 e. The van der Waals surface area contributed by atoms with Gasteiger partial charge in [0.15, 0.2) is 11.5 Å². The molecule has 5 N–H and O–H groups in total. The first-order valence-electron chi connectivity index (χ1n) is 15.8. The van der Waals surface area contributed by atoms with Crippen molar-refractivity contribution in [1.82, 2.24) is 4.57 Å². The monoisotopic (exact) mass is 658 g/mol. The van der Waals surface area contributed by atoms with Gasteiger partial charge < -0.3 is 39.4 Å². The van der Waals surface area contributed by atoms with E-state index in [9.17, 15) is 25.5 Å². The van der Waals surface area contributed by atoms with E-state index < -0.39 is 28.7 Å². The maximum Gasteiger partial charge on any atom is 0.208 e. The summed E-state index contributed by atoms with van der Waals surface area (Å²) in [6, 6.07) is 37.5. The molecule has 0 bridgehead atoms. The molecule has 2 heterocycles. The fourth-order valence-electron chi connectivity index (χ4n) is 6.73. The highest BCUT2D eigenvalue weighted by Gasteiger charge is 2.29. The van der Waals surface area contributed by atoms with E-state index >= 15 is 0 Å². The van der Waals surface area contributed by atoms with Crippen LogP contribution < -0.4 is 4.90 Å². The number of nitrogens with zero attached hydrogens (tertiary/aromatic N) is 2. The number of hydrogen-bond acceptors (Lipinski definition) is 7. The molecule has 0 radical (unpaired) electrons. The average Bonchev–Trinajstić information content (AvgIpc) is 3.69. The molecule has 0 aliphatic rings. The number of fused-ring (bicyclic) bond motifs is 4. The third-order valence-corrected chi connectivity index (χ3v) is 9.10. The molecule has 8 nitrogen and oxygen atoms in total. The summed E-state index contributed by atoms with van der Waals surface area (Å²) >= 11 is 0. The Morgan fingerprint density at radius 2 is 1.16 bits per heavy atom. The van der Waals surface area contributed by atoms with Crippen LogP contribution >= 0.6 is 0 Å². The molecule has 8 heteroatoms. The summed E-state index contributed by atoms with van der Waals surface area (Å²) in [6.45, 7) is 7.73. The predicted molar refractivity (Wildman–Crippen MR) is 199 cm³/mol. The first-order valence-corrected chi connectivity index (χ1v) is 15.8. The van der Waals surface area contributed by atoms with Crippen molar-refractivity contribution in [1.29, 1.82) is 0 Å². The van der Waals surface area contributed by atoms with Crippen LogP contribution in [0.3, 0.4) is 0 Å². The predicted octanol–water partition coefficient (Wildman–Crippen LogP) is 10.5. The van der Waals surface area contributed by atoms with Crippen molar-refractivity contribution >= 4 is 62.0 Å². The van der Waals surface area contributed by atoms with Crippen LogP contribution in [0.1, 0.15) is 11.3 Å². The van der Waals surface area contributed by atoms with Crippen LogP contribution in [0, 0.1) is 0 Å². The van der Waals surface area contributed by atoms with Crippen molar-refractivity contribution in [3.63, 3.8) is 0 Å². The number of hydrogen-bond donors (Lipinski definition) is 5. The van der Waals surface area contributed by atoms with Gasteiger partial charge in [-0.05, 0) is 77.9 Å². The van der Waals surface area contributed by atoms with E-state index in [1.165, 1.54) is 4.90 Å². The molecule has 0 saturated heterocycles. The molecule has 6 aromatic carbocycles. The van der Waals surface area contributed by atoms with Crippen LogP contribution in [-0.4, -0.2) is 30.1 Å². The number of furan rings is 1. The summed E-state index contributed by atoms with van der Waals surface area (Å²) in [7, 11) is 0. The van der Waals surface area contributed by atoms with Crippen molar-refractivity contribution < 1.29 is 29.9 Å². The van der Waals surface area contributed by atoms with Gasteiger partial charge in [0, 0.05) is 38.8 Å². The lowest BCUT2D eigenvalue weighted by atomic mass is 10.0. The molecule has 0 atom stereocenters. The van der Waals surface area contributed by atoms with E-state index in [4.69, 9.17) is 4.42 Å². The fourth-order valence-corrected chi connectivity index (χ4v) is 6.73. The maximum absolute atomic E-state index is 11.1. The Labute approximate surface area is 286 Å². The fraction of sp³-hybridized carbons (Fsp3) is 0. The van der Waals surface area contributed by atoms with Crippen LogP contribution in [0.2, 0.25) is 0 Å². The molecular formula is C42H30N2O6. The topological polar surface area (TPSA) is 122 Å². The van der Waals surface area contributed by atoms with E-state index in [-0.39, 0.29) is 5.69 Å². The van der Waals surface area contributed by atoms with Gasteiger partial charge in [0.05, 0.1) is 11.0 Å². The summed E-state index contributed by atoms with van der Waals surface area (Å²) in [6.07, 6.45) is 3.23. The summed E-state index contributed by atoms with van der Waals surface area (Å²) in [5.41, 5.74) is 6.96. The molecule has 8 rings (SSSR count). The Morgan fingerprint density at radius 3 is 1.86 bits per heavy atom. The minimum atomic E-state index is -1.04. The second-order valence-electron chi connectivity index (χ2n) is 11.9. The Hall–Kier alpha value is -7.06. The molecule has 0 fully saturated rings. The molecule has 0 spiro atoms. The summed E-state index contributed by atoms with van der Waals surface area (Å²) < 4.78 is 8.17. The SMILES string of the molecule is C=Cc1oc2ccc(N(c3ccc(-c4ccc5c(c4)c4ccccc4n5-c4ccccc4)cc3)c3c(O)c(O)c(O)c(O)c3O)cc2c1C=C. The Morgan fingerprint density at radius 1 is 0.540 bits per heavy atom. The minimum Gasteiger partial charge on any atom is -0.503 e. The van der Waals surface area contributed by atoms with Crippen molar-refractivity contribution in [3.8, 4) is 45.6 Å². The maximum atomic E-state index is 11.1. The quantitative estimate of drug-likeness (QED) is 0.0853. The van der Waals surface area contributed by atoms with Gasteiger partial charge in [0.25, 0.3) is 0 Å². The van der Waals surface area contributed by atoms with Crippen molar-refractivity contribution in [2.45, 2.75) is 0 Å². The lowest BCUT2D eigenvalue weighted by Gasteiger charge is -2.27. The van der Waals surface area contributed by atoms with Gasteiger partial charge in [-0.15, -0.1) is 0 Å². The molecular weight excluding hydrogens is 628 g/mol. The van der Waals surface area contributed by atoms with Gasteiger partial charge in [-0.1, -0.05) is 73.8 Å². The van der Waals surface area contributed by atoms with Gasteiger partial charge in [-0.2, -0.15) is 0 Å². The normalized spacial score (nSPS) is 11.4. The van der Waals surface area contributed by atoms with E-state index in [1.807, 2.05) is 42.5 Å². The number of phenols is 5. The zero-order valence-corrected chi connectivity index (χ0v) is 26.6. The Bertz CT molecular complexity index is 2610. The van der Waals surface area contributed by atoms with Crippen LogP contribution in [0.25, 0.3) is 61.7 Å². The second-order valence-corrected chi connectivity index (χ2v) is 11.9. The summed E-state index contributed by atoms with van der Waals surface area (Å²) in [5, 5.41) is 56.2. The molecule has 0 amide bonds. The lowest BCUT2D eigenvalue weighted by molar-refractivity contribution is 0.329. The van der Waals surface area contributed by atoms with Crippen LogP contribution in [0.4, 0.5) is 17.1 Å². The molecule has 244 valence electrons. The first kappa shape index (κ1) is 30.3. The number of benzene rings is 6. The number of phenolic OH excluding ortho intramolecular Hbond substituents is 5. The second kappa shape index (κ2) is 11.6. The van der Waals surface area contributed by atoms with E-state index in [1.54, 1.807) is 42.5 Å². The third kappa shape index (κ3) is 4.54. The zero-order chi connectivity index (χ0) is 34.7. The van der Waals surface area contributed by atoms with E-state index in [0.717, 1.165) is 38.6 Å². The van der Waals surface area contributed by atoms with Crippen molar-refractivity contribution in [3.05, 3.63) is 140 Å². The standard InChI is InChI=1S/C42H30N2O6/c1-3-29-32-23-28(19-21-36(32)50-35(29)4-2)43(37-38(45)40(47)42(49)41(48)39(37)46)27-17-14-24(15-18-27)25-16-20-34-31(22-25)30-12-8-9-13-33(30)44(34)26-10-6-5-7-11-26/h3-23,45-49H,1-2H2. The van der Waals surface area contributed by atoms with Gasteiger partial charge in [0.1, 0.15) is 17.0 Å². The van der Waals surface area contributed by atoms with Crippen LogP contribution in [0.5, 0.6) is 28.7 Å². The van der Waals surface area contributed by atoms with Gasteiger partial charge >= 0.3 is 0 Å². The van der Waals surface area contributed by atoms with E-state index in [2.05, 4.69) is 60.2 Å². The molecule has 50 heavy (non-hydrogen) atoms. The Balaban J connectivity index is 1.28. The van der Waals surface area contributed by atoms with Gasteiger partial charge in [0.2, 0.25) is 17.2 Å². The number of para-hydroxylation sites is 2. The summed E-state index contributed by atoms with van der Waals surface area (Å²) in [5.74, 6) is -4.14. The van der Waals surface area contributed by atoms with Crippen LogP contribution in [-0.2, 0) is 0 Å². The van der Waals surface area contributed by atoms with Crippen LogP contribution in [0.15, 0.2) is 133 Å². The molecule has 8 aromatic rings. The first-order chi connectivity index (χ1) is 24.3. The summed E-state index contributed by atoms with van der Waals surface area (Å²) in [4.78, 5) is 1.47. The highest BCUT2D eigenvalue weighted by atomic mass is 16.4. The number of rotatable bonds is 7. The largest absolute Gasteiger partial charge is 0.503 e. The number of aromatic nitrogens is 1. The Kier molecular flexibility index (Phi) is 7.01. The van der Waals surface area contributed by atoms with E-state index in [0.29, 0.717) is 33.7 Å². The number of aromatic hydroxyl groups is 5. The number of anilines is 3.